The van der Waals surface area contributed by atoms with Gasteiger partial charge in [0.2, 0.25) is 5.91 Å². The summed E-state index contributed by atoms with van der Waals surface area (Å²) in [5.74, 6) is -6.94. The summed E-state index contributed by atoms with van der Waals surface area (Å²) < 4.78 is 48.2. The Balaban J connectivity index is 1.25. The first-order chi connectivity index (χ1) is 29.6. The molecule has 0 saturated carbocycles. The molecule has 12 nitrogen and oxygen atoms in total. The molecule has 63 heavy (non-hydrogen) atoms. The molecular formula is C50H76FNO11. The van der Waals surface area contributed by atoms with E-state index in [-0.39, 0.29) is 47.8 Å². The molecule has 6 rings (SSSR count). The van der Waals surface area contributed by atoms with E-state index in [1.165, 1.54) is 12.1 Å². The number of hydrogen-bond acceptors (Lipinski definition) is 10. The predicted molar refractivity (Wildman–Crippen MR) is 235 cm³/mol. The number of carboxylic acid groups (broad SMARTS) is 1. The molecule has 0 aliphatic carbocycles. The van der Waals surface area contributed by atoms with E-state index in [0.29, 0.717) is 63.4 Å². The highest BCUT2D eigenvalue weighted by atomic mass is 19.1. The minimum Gasteiger partial charge on any atom is -0.481 e. The van der Waals surface area contributed by atoms with Gasteiger partial charge in [-0.15, -0.1) is 0 Å². The van der Waals surface area contributed by atoms with Gasteiger partial charge < -0.3 is 44.3 Å². The number of carbonyl (C=O) groups excluding carboxylic acids is 2. The number of benzene rings is 1. The average Bonchev–Trinajstić information content (AvgIpc) is 3.59. The van der Waals surface area contributed by atoms with Crippen LogP contribution in [0.3, 0.4) is 0 Å². The zero-order chi connectivity index (χ0) is 46.2. The lowest BCUT2D eigenvalue weighted by molar-refractivity contribution is -0.398. The first-order valence-electron chi connectivity index (χ1n) is 23.9. The first-order valence-corrected chi connectivity index (χ1v) is 23.9. The number of carboxylic acids is 1. The Morgan fingerprint density at radius 2 is 1.57 bits per heavy atom. The minimum absolute atomic E-state index is 0.0192. The van der Waals surface area contributed by atoms with Crippen molar-refractivity contribution in [2.45, 2.75) is 205 Å². The first kappa shape index (κ1) is 49.6. The molecule has 4 N–H and O–H groups in total. The number of ketones is 1. The van der Waals surface area contributed by atoms with Gasteiger partial charge in [0.25, 0.3) is 0 Å². The van der Waals surface area contributed by atoms with Gasteiger partial charge >= 0.3 is 5.97 Å². The molecule has 0 aromatic heterocycles. The zero-order valence-electron chi connectivity index (χ0n) is 39.3. The summed E-state index contributed by atoms with van der Waals surface area (Å²) in [5.41, 5.74) is -1.12. The molecule has 18 atom stereocenters. The van der Waals surface area contributed by atoms with E-state index in [2.05, 4.69) is 26.1 Å². The molecule has 0 unspecified atom stereocenters. The second kappa shape index (κ2) is 19.6. The smallest absolute Gasteiger partial charge is 0.309 e. The Hall–Kier alpha value is -2.78. The fourth-order valence-electron chi connectivity index (χ4n) is 11.7. The summed E-state index contributed by atoms with van der Waals surface area (Å²) in [6, 6.07) is 5.10. The third-order valence-electron chi connectivity index (χ3n) is 16.1. The van der Waals surface area contributed by atoms with Crippen molar-refractivity contribution in [3.8, 4) is 0 Å². The summed E-state index contributed by atoms with van der Waals surface area (Å²) in [6.07, 6.45) is 6.14. The van der Waals surface area contributed by atoms with Crippen molar-refractivity contribution in [1.82, 2.24) is 5.32 Å². The van der Waals surface area contributed by atoms with Crippen LogP contribution in [-0.2, 0) is 44.5 Å². The van der Waals surface area contributed by atoms with Crippen LogP contribution in [0.4, 0.5) is 4.39 Å². The van der Waals surface area contributed by atoms with Gasteiger partial charge in [0.1, 0.15) is 17.6 Å². The van der Waals surface area contributed by atoms with Gasteiger partial charge in [-0.1, -0.05) is 73.6 Å². The molecule has 1 aromatic carbocycles. The summed E-state index contributed by atoms with van der Waals surface area (Å²) in [5, 5.41) is 36.1. The fraction of sp³-hybridized carbons (Fsp3) is 0.780. The lowest BCUT2D eigenvalue weighted by Gasteiger charge is -2.55. The van der Waals surface area contributed by atoms with Crippen LogP contribution in [0.25, 0.3) is 0 Å². The Labute approximate surface area is 374 Å². The highest BCUT2D eigenvalue weighted by molar-refractivity contribution is 5.84. The maximum Gasteiger partial charge on any atom is 0.309 e. The minimum atomic E-state index is -1.39. The van der Waals surface area contributed by atoms with E-state index in [1.807, 2.05) is 53.7 Å². The third-order valence-corrected chi connectivity index (χ3v) is 16.1. The predicted octanol–water partition coefficient (Wildman–Crippen LogP) is 7.69. The second-order valence-corrected chi connectivity index (χ2v) is 20.3. The molecule has 5 aliphatic rings. The Morgan fingerprint density at radius 3 is 2.19 bits per heavy atom. The van der Waals surface area contributed by atoms with Crippen LogP contribution < -0.4 is 5.32 Å². The number of amides is 1. The van der Waals surface area contributed by atoms with Crippen molar-refractivity contribution in [3.63, 3.8) is 0 Å². The zero-order valence-corrected chi connectivity index (χ0v) is 39.3. The number of aliphatic hydroxyl groups excluding tert-OH is 1. The molecule has 1 aromatic rings. The maximum atomic E-state index is 14.7. The Morgan fingerprint density at radius 1 is 0.889 bits per heavy atom. The summed E-state index contributed by atoms with van der Waals surface area (Å²) in [4.78, 5) is 40.4. The van der Waals surface area contributed by atoms with E-state index in [4.69, 9.17) is 23.7 Å². The summed E-state index contributed by atoms with van der Waals surface area (Å²) in [7, 11) is 0. The molecule has 13 heteroatoms. The molecular weight excluding hydrogens is 810 g/mol. The van der Waals surface area contributed by atoms with Crippen molar-refractivity contribution in [2.24, 2.45) is 41.4 Å². The van der Waals surface area contributed by atoms with Crippen LogP contribution in [0, 0.1) is 47.2 Å². The average molecular weight is 886 g/mol. The molecule has 2 spiro atoms. The highest BCUT2D eigenvalue weighted by Crippen LogP contribution is 2.54. The van der Waals surface area contributed by atoms with E-state index in [0.717, 1.165) is 6.42 Å². The third kappa shape index (κ3) is 10.0. The van der Waals surface area contributed by atoms with Gasteiger partial charge in [0.05, 0.1) is 60.2 Å². The van der Waals surface area contributed by atoms with Crippen molar-refractivity contribution in [1.29, 1.82) is 0 Å². The van der Waals surface area contributed by atoms with Crippen molar-refractivity contribution in [3.05, 3.63) is 47.8 Å². The van der Waals surface area contributed by atoms with Crippen LogP contribution in [0.15, 0.2) is 36.4 Å². The molecule has 354 valence electrons. The molecule has 1 amide bonds. The lowest BCUT2D eigenvalue weighted by atomic mass is 9.72. The Kier molecular flexibility index (Phi) is 15.4. The molecule has 5 heterocycles. The van der Waals surface area contributed by atoms with Crippen LogP contribution >= 0.6 is 0 Å². The fourth-order valence-corrected chi connectivity index (χ4v) is 11.7. The van der Waals surface area contributed by atoms with Crippen molar-refractivity contribution < 1.29 is 57.8 Å². The maximum absolute atomic E-state index is 14.7. The number of rotatable bonds is 15. The van der Waals surface area contributed by atoms with Gasteiger partial charge in [0.15, 0.2) is 11.6 Å². The number of carbonyl (C=O) groups is 3. The van der Waals surface area contributed by atoms with Crippen molar-refractivity contribution >= 4 is 17.7 Å². The molecule has 5 aliphatic heterocycles. The van der Waals surface area contributed by atoms with Gasteiger partial charge in [-0.25, -0.2) is 4.39 Å². The molecule has 4 saturated heterocycles. The molecule has 0 radical (unpaired) electrons. The standard InChI is InChI=1S/C50H76FNO11/c1-11-36(46(56)57)38-19-14-28(4)44(60-38)32(8)42(54)31(7)43(55)37(12-2)45-29(5)26-30(6)49(61-45)23-20-39(52-41(53)27-34-15-17-35(51)18-16-34)50(63-49)25-24-47(10,62-50)40-21-22-48(58,13-3)33(9)59-40/h15-18,20,23,28-33,36-40,42,44-45,54,58H,11-14,19,21-22,24-27H2,1-10H3,(H,52,53)(H,56,57)/t28-,29-,30+,31-,32-,33-,36+,37-,38+,39-,40+,42+,44+,45-,47-,48+,49-,50-/m0/s1. The van der Waals surface area contributed by atoms with Gasteiger partial charge in [-0.2, -0.15) is 0 Å². The lowest BCUT2D eigenvalue weighted by Crippen LogP contribution is -2.65. The number of nitrogens with one attached hydrogen (secondary N) is 1. The number of halogens is 1. The van der Waals surface area contributed by atoms with E-state index in [1.54, 1.807) is 19.1 Å². The SMILES string of the molecule is CC[C@@H](C(=O)[C@@H](C)[C@@H](O)[C@H](C)[C@@H]1O[C@@H]([C@@H](CC)C(=O)O)CC[C@@H]1C)[C@H]1O[C@]2(C=C[C@H](NC(=O)Cc3ccc(F)cc3)[C@]3(CC[C@@](C)([C@H]4CC[C@](O)(CC)[C@H](C)O4)O3)O2)[C@H](C)C[C@@H]1C. The number of ether oxygens (including phenoxy) is 5. The summed E-state index contributed by atoms with van der Waals surface area (Å²) in [6.45, 7) is 19.5. The van der Waals surface area contributed by atoms with Gasteiger partial charge in [0, 0.05) is 30.1 Å². The van der Waals surface area contributed by atoms with Gasteiger partial charge in [-0.3, -0.25) is 14.4 Å². The van der Waals surface area contributed by atoms with Crippen LogP contribution in [0.2, 0.25) is 0 Å². The number of Topliss-reactive ketones (excluding diaryl/α,β-unsaturated/α-hetero) is 1. The summed E-state index contributed by atoms with van der Waals surface area (Å²) >= 11 is 0. The Bertz CT molecular complexity index is 1790. The monoisotopic (exact) mass is 886 g/mol. The second-order valence-electron chi connectivity index (χ2n) is 20.3. The van der Waals surface area contributed by atoms with Crippen LogP contribution in [0.1, 0.15) is 139 Å². The van der Waals surface area contributed by atoms with E-state index < -0.39 is 89.0 Å². The quantitative estimate of drug-likeness (QED) is 0.127. The number of aliphatic hydroxyl groups is 2. The van der Waals surface area contributed by atoms with E-state index in [9.17, 15) is 34.1 Å². The number of hydrogen-bond donors (Lipinski definition) is 4. The molecule has 4 fully saturated rings. The number of aliphatic carboxylic acids is 1. The van der Waals surface area contributed by atoms with E-state index >= 15 is 0 Å². The normalized spacial score (nSPS) is 40.6. The van der Waals surface area contributed by atoms with Gasteiger partial charge in [-0.05, 0) is 107 Å². The van der Waals surface area contributed by atoms with Crippen LogP contribution in [-0.4, -0.2) is 98.4 Å². The largest absolute Gasteiger partial charge is 0.481 e. The molecule has 0 bridgehead atoms. The topological polar surface area (TPSA) is 170 Å². The van der Waals surface area contributed by atoms with Crippen LogP contribution in [0.5, 0.6) is 0 Å². The van der Waals surface area contributed by atoms with Crippen molar-refractivity contribution in [2.75, 3.05) is 0 Å². The highest BCUT2D eigenvalue weighted by Gasteiger charge is 2.63.